The van der Waals surface area contributed by atoms with Crippen LogP contribution >= 0.6 is 0 Å². The lowest BCUT2D eigenvalue weighted by atomic mass is 10.1. The van der Waals surface area contributed by atoms with Gasteiger partial charge in [0.05, 0.1) is 18.8 Å². The molecule has 0 bridgehead atoms. The molecule has 1 aliphatic rings. The van der Waals surface area contributed by atoms with Crippen LogP contribution in [-0.4, -0.2) is 69.2 Å². The summed E-state index contributed by atoms with van der Waals surface area (Å²) in [6.07, 6.45) is -0.918. The number of hydrogen-bond acceptors (Lipinski definition) is 5. The van der Waals surface area contributed by atoms with Gasteiger partial charge in [0.15, 0.2) is 6.10 Å². The third kappa shape index (κ3) is 5.22. The highest BCUT2D eigenvalue weighted by atomic mass is 32.2. The molecule has 0 aromatic heterocycles. The highest BCUT2D eigenvalue weighted by molar-refractivity contribution is 7.86. The maximum Gasteiger partial charge on any atom is 0.281 e. The molecule has 2 aromatic carbocycles. The zero-order valence-electron chi connectivity index (χ0n) is 17.7. The summed E-state index contributed by atoms with van der Waals surface area (Å²) in [6, 6.07) is 16.3. The van der Waals surface area contributed by atoms with Gasteiger partial charge in [0.1, 0.15) is 5.75 Å². The molecule has 9 nitrogen and oxygen atoms in total. The largest absolute Gasteiger partial charge is 0.477 e. The van der Waals surface area contributed by atoms with Crippen LogP contribution in [0.2, 0.25) is 0 Å². The molecule has 1 N–H and O–H groups in total. The summed E-state index contributed by atoms with van der Waals surface area (Å²) in [5.74, 6) is -0.421. The van der Waals surface area contributed by atoms with Crippen molar-refractivity contribution in [1.82, 2.24) is 13.9 Å². The molecule has 166 valence electrons. The van der Waals surface area contributed by atoms with Gasteiger partial charge in [0, 0.05) is 27.7 Å². The first kappa shape index (κ1) is 22.7. The molecule has 1 aliphatic heterocycles. The zero-order valence-corrected chi connectivity index (χ0v) is 18.5. The fraction of sp³-hybridized carbons (Fsp3) is 0.333. The van der Waals surface area contributed by atoms with Crippen molar-refractivity contribution in [3.8, 4) is 5.75 Å². The van der Waals surface area contributed by atoms with Crippen molar-refractivity contribution < 1.29 is 22.7 Å². The molecule has 3 rings (SSSR count). The van der Waals surface area contributed by atoms with Crippen LogP contribution in [-0.2, 0) is 26.3 Å². The SMILES string of the molecule is CN(C)S(=O)(=O)N(C)CC(=O)N1CC(C(=O)NCc2ccccc2)Oc2ccccc21. The zero-order chi connectivity index (χ0) is 22.6. The molecule has 31 heavy (non-hydrogen) atoms. The number of benzene rings is 2. The molecule has 0 radical (unpaired) electrons. The molecule has 0 fully saturated rings. The minimum absolute atomic E-state index is 0.0215. The summed E-state index contributed by atoms with van der Waals surface area (Å²) in [7, 11) is 0.381. The van der Waals surface area contributed by atoms with E-state index in [-0.39, 0.29) is 19.0 Å². The molecule has 0 aliphatic carbocycles. The first-order chi connectivity index (χ1) is 14.7. The van der Waals surface area contributed by atoms with E-state index in [2.05, 4.69) is 5.32 Å². The molecule has 1 unspecified atom stereocenters. The van der Waals surface area contributed by atoms with E-state index in [4.69, 9.17) is 4.74 Å². The fourth-order valence-corrected chi connectivity index (χ4v) is 3.97. The van der Waals surface area contributed by atoms with Gasteiger partial charge in [-0.3, -0.25) is 9.59 Å². The highest BCUT2D eigenvalue weighted by Crippen LogP contribution is 2.33. The van der Waals surface area contributed by atoms with E-state index in [0.29, 0.717) is 18.0 Å². The Labute approximate surface area is 182 Å². The van der Waals surface area contributed by atoms with E-state index in [1.54, 1.807) is 24.3 Å². The Hall–Kier alpha value is -2.95. The maximum atomic E-state index is 13.0. The average molecular weight is 447 g/mol. The highest BCUT2D eigenvalue weighted by Gasteiger charge is 2.35. The lowest BCUT2D eigenvalue weighted by Gasteiger charge is -2.35. The first-order valence-electron chi connectivity index (χ1n) is 9.71. The second-order valence-electron chi connectivity index (χ2n) is 7.33. The van der Waals surface area contributed by atoms with Crippen molar-refractivity contribution in [2.45, 2.75) is 12.6 Å². The van der Waals surface area contributed by atoms with Crippen molar-refractivity contribution in [2.75, 3.05) is 39.1 Å². The minimum atomic E-state index is -3.75. The van der Waals surface area contributed by atoms with E-state index in [1.807, 2.05) is 30.3 Å². The third-order valence-corrected chi connectivity index (χ3v) is 6.73. The summed E-state index contributed by atoms with van der Waals surface area (Å²) >= 11 is 0. The molecule has 1 atom stereocenters. The summed E-state index contributed by atoms with van der Waals surface area (Å²) in [4.78, 5) is 27.1. The molecule has 0 spiro atoms. The van der Waals surface area contributed by atoms with Crippen molar-refractivity contribution in [3.05, 3.63) is 60.2 Å². The van der Waals surface area contributed by atoms with E-state index in [0.717, 1.165) is 14.2 Å². The maximum absolute atomic E-state index is 13.0. The summed E-state index contributed by atoms with van der Waals surface area (Å²) < 4.78 is 32.4. The van der Waals surface area contributed by atoms with Crippen molar-refractivity contribution in [2.24, 2.45) is 0 Å². The van der Waals surface area contributed by atoms with Crippen molar-refractivity contribution >= 4 is 27.7 Å². The van der Waals surface area contributed by atoms with Crippen molar-refractivity contribution in [3.63, 3.8) is 0 Å². The normalized spacial score (nSPS) is 16.0. The quantitative estimate of drug-likeness (QED) is 0.679. The van der Waals surface area contributed by atoms with Gasteiger partial charge in [-0.1, -0.05) is 42.5 Å². The Morgan fingerprint density at radius 1 is 1.06 bits per heavy atom. The molecule has 0 saturated carbocycles. The molecule has 0 saturated heterocycles. The number of para-hydroxylation sites is 2. The number of amides is 2. The average Bonchev–Trinajstić information content (AvgIpc) is 2.77. The van der Waals surface area contributed by atoms with Gasteiger partial charge in [0.2, 0.25) is 5.91 Å². The summed E-state index contributed by atoms with van der Waals surface area (Å²) in [6.45, 7) is -0.0571. The van der Waals surface area contributed by atoms with Crippen LogP contribution in [0.3, 0.4) is 0 Å². The molecule has 1 heterocycles. The number of hydrogen-bond donors (Lipinski definition) is 1. The van der Waals surface area contributed by atoms with Crippen LogP contribution in [0, 0.1) is 0 Å². The van der Waals surface area contributed by atoms with Crippen molar-refractivity contribution in [1.29, 1.82) is 0 Å². The summed E-state index contributed by atoms with van der Waals surface area (Å²) in [5.41, 5.74) is 1.44. The predicted octanol–water partition coefficient (Wildman–Crippen LogP) is 0.835. The second kappa shape index (κ2) is 9.46. The standard InChI is InChI=1S/C21H26N4O5S/c1-23(2)31(28,29)24(3)15-20(26)25-14-19(30-18-12-8-7-11-17(18)25)21(27)22-13-16-9-5-4-6-10-16/h4-12,19H,13-15H2,1-3H3,(H,22,27). The Bertz CT molecular complexity index is 1040. The molecule has 2 amide bonds. The van der Waals surface area contributed by atoms with E-state index in [1.165, 1.54) is 26.0 Å². The number of nitrogens with one attached hydrogen (secondary N) is 1. The number of fused-ring (bicyclic) bond motifs is 1. The van der Waals surface area contributed by atoms with Gasteiger partial charge in [-0.05, 0) is 17.7 Å². The van der Waals surface area contributed by atoms with Gasteiger partial charge in [-0.2, -0.15) is 17.0 Å². The first-order valence-corrected chi connectivity index (χ1v) is 11.1. The topological polar surface area (TPSA) is 99.3 Å². The van der Waals surface area contributed by atoms with Crippen LogP contribution in [0.4, 0.5) is 5.69 Å². The lowest BCUT2D eigenvalue weighted by molar-refractivity contribution is -0.128. The van der Waals surface area contributed by atoms with Gasteiger partial charge in [-0.25, -0.2) is 0 Å². The minimum Gasteiger partial charge on any atom is -0.477 e. The van der Waals surface area contributed by atoms with Crippen LogP contribution in [0.25, 0.3) is 0 Å². The predicted molar refractivity (Wildman–Crippen MR) is 117 cm³/mol. The number of ether oxygens (including phenoxy) is 1. The molecule has 10 heteroatoms. The number of likely N-dealkylation sites (N-methyl/N-ethyl adjacent to an activating group) is 1. The number of carbonyl (C=O) groups is 2. The Kier molecular flexibility index (Phi) is 6.94. The third-order valence-electron chi connectivity index (χ3n) is 4.89. The van der Waals surface area contributed by atoms with Gasteiger partial charge in [-0.15, -0.1) is 0 Å². The van der Waals surface area contributed by atoms with E-state index in [9.17, 15) is 18.0 Å². The fourth-order valence-electron chi connectivity index (χ4n) is 3.14. The van der Waals surface area contributed by atoms with E-state index >= 15 is 0 Å². The number of carbonyl (C=O) groups excluding carboxylic acids is 2. The second-order valence-corrected chi connectivity index (χ2v) is 9.58. The van der Waals surface area contributed by atoms with Crippen LogP contribution in [0.5, 0.6) is 5.75 Å². The van der Waals surface area contributed by atoms with Gasteiger partial charge in [0.25, 0.3) is 16.1 Å². The monoisotopic (exact) mass is 446 g/mol. The van der Waals surface area contributed by atoms with Gasteiger partial charge >= 0.3 is 0 Å². The van der Waals surface area contributed by atoms with Crippen LogP contribution in [0.15, 0.2) is 54.6 Å². The molecular weight excluding hydrogens is 420 g/mol. The Morgan fingerprint density at radius 2 is 1.71 bits per heavy atom. The van der Waals surface area contributed by atoms with E-state index < -0.39 is 22.2 Å². The molecule has 2 aromatic rings. The van der Waals surface area contributed by atoms with Crippen LogP contribution in [0.1, 0.15) is 5.56 Å². The van der Waals surface area contributed by atoms with Crippen LogP contribution < -0.4 is 15.0 Å². The molecular formula is C21H26N4O5S. The Balaban J connectivity index is 1.75. The lowest BCUT2D eigenvalue weighted by Crippen LogP contribution is -2.53. The number of nitrogens with zero attached hydrogens (tertiary/aromatic N) is 3. The number of rotatable bonds is 7. The smallest absolute Gasteiger partial charge is 0.281 e. The Morgan fingerprint density at radius 3 is 2.39 bits per heavy atom. The summed E-state index contributed by atoms with van der Waals surface area (Å²) in [5, 5.41) is 2.82. The number of anilines is 1. The van der Waals surface area contributed by atoms with Gasteiger partial charge < -0.3 is 15.0 Å².